The van der Waals surface area contributed by atoms with Crippen LogP contribution in [0.3, 0.4) is 0 Å². The summed E-state index contributed by atoms with van der Waals surface area (Å²) in [6, 6.07) is 4.42. The predicted octanol–water partition coefficient (Wildman–Crippen LogP) is 1.21. The molecule has 0 aliphatic carbocycles. The van der Waals surface area contributed by atoms with Crippen molar-refractivity contribution in [1.82, 2.24) is 0 Å². The molecule has 2 N–H and O–H groups in total. The molecular weight excluding hydrogens is 198 g/mol. The molecule has 5 heteroatoms. The van der Waals surface area contributed by atoms with Crippen molar-refractivity contribution in [3.05, 3.63) is 29.3 Å². The van der Waals surface area contributed by atoms with Gasteiger partial charge in [-0.3, -0.25) is 0 Å². The Morgan fingerprint density at radius 3 is 2.40 bits per heavy atom. The Bertz CT molecular complexity index is 400. The molecule has 0 heterocycles. The first-order chi connectivity index (χ1) is 7.11. The number of nitrogens with one attached hydrogen (secondary N) is 1. The van der Waals surface area contributed by atoms with E-state index in [1.54, 1.807) is 7.05 Å². The van der Waals surface area contributed by atoms with Gasteiger partial charge in [0, 0.05) is 7.05 Å². The Labute approximate surface area is 86.7 Å². The summed E-state index contributed by atoms with van der Waals surface area (Å²) < 4.78 is 4.54. The number of benzene rings is 1. The molecule has 0 unspecified atom stereocenters. The van der Waals surface area contributed by atoms with Crippen LogP contribution >= 0.6 is 0 Å². The van der Waals surface area contributed by atoms with Gasteiger partial charge in [-0.1, -0.05) is 6.07 Å². The Hall–Kier alpha value is -2.04. The monoisotopic (exact) mass is 209 g/mol. The van der Waals surface area contributed by atoms with Crippen molar-refractivity contribution >= 4 is 17.6 Å². The standard InChI is InChI=1S/C10H11NO4/c1-11-8-6(9(12)13)4-3-5-7(8)10(14)15-2/h3-5,11H,1-2H3,(H,12,13). The molecule has 0 fully saturated rings. The van der Waals surface area contributed by atoms with Crippen LogP contribution in [0.25, 0.3) is 0 Å². The maximum atomic E-state index is 11.3. The van der Waals surface area contributed by atoms with E-state index >= 15 is 0 Å². The second-order valence-electron chi connectivity index (χ2n) is 2.77. The number of hydrogen-bond acceptors (Lipinski definition) is 4. The van der Waals surface area contributed by atoms with E-state index in [0.29, 0.717) is 0 Å². The van der Waals surface area contributed by atoms with Crippen LogP contribution in [0.1, 0.15) is 20.7 Å². The smallest absolute Gasteiger partial charge is 0.339 e. The predicted molar refractivity (Wildman–Crippen MR) is 54.3 cm³/mol. The van der Waals surface area contributed by atoms with Gasteiger partial charge >= 0.3 is 11.9 Å². The third-order valence-electron chi connectivity index (χ3n) is 1.95. The Morgan fingerprint density at radius 1 is 1.33 bits per heavy atom. The van der Waals surface area contributed by atoms with Crippen LogP contribution in [0.5, 0.6) is 0 Å². The van der Waals surface area contributed by atoms with Crippen molar-refractivity contribution in [3.63, 3.8) is 0 Å². The molecule has 0 aliphatic heterocycles. The summed E-state index contributed by atoms with van der Waals surface area (Å²) in [6.45, 7) is 0. The van der Waals surface area contributed by atoms with Gasteiger partial charge in [-0.25, -0.2) is 9.59 Å². The van der Waals surface area contributed by atoms with Crippen LogP contribution in [0.15, 0.2) is 18.2 Å². The lowest BCUT2D eigenvalue weighted by molar-refractivity contribution is 0.0602. The van der Waals surface area contributed by atoms with Crippen LogP contribution < -0.4 is 5.32 Å². The van der Waals surface area contributed by atoms with E-state index < -0.39 is 11.9 Å². The third kappa shape index (κ3) is 2.07. The fraction of sp³-hybridized carbons (Fsp3) is 0.200. The molecule has 1 rings (SSSR count). The number of carboxylic acid groups (broad SMARTS) is 1. The number of esters is 1. The van der Waals surface area contributed by atoms with Crippen molar-refractivity contribution in [2.24, 2.45) is 0 Å². The summed E-state index contributed by atoms with van der Waals surface area (Å²) >= 11 is 0. The van der Waals surface area contributed by atoms with Gasteiger partial charge < -0.3 is 15.2 Å². The van der Waals surface area contributed by atoms with Crippen molar-refractivity contribution < 1.29 is 19.4 Å². The summed E-state index contributed by atoms with van der Waals surface area (Å²) in [4.78, 5) is 22.2. The number of hydrogen-bond donors (Lipinski definition) is 2. The number of aromatic carboxylic acids is 1. The second kappa shape index (κ2) is 4.45. The molecule has 0 spiro atoms. The lowest BCUT2D eigenvalue weighted by Gasteiger charge is -2.09. The van der Waals surface area contributed by atoms with Crippen molar-refractivity contribution in [2.45, 2.75) is 0 Å². The van der Waals surface area contributed by atoms with Gasteiger partial charge in [-0.05, 0) is 12.1 Å². The summed E-state index contributed by atoms with van der Waals surface area (Å²) in [5.74, 6) is -1.66. The second-order valence-corrected chi connectivity index (χ2v) is 2.77. The largest absolute Gasteiger partial charge is 0.478 e. The number of para-hydroxylation sites is 1. The SMILES string of the molecule is CNc1c(C(=O)O)cccc1C(=O)OC. The Balaban J connectivity index is 3.34. The van der Waals surface area contributed by atoms with E-state index in [9.17, 15) is 9.59 Å². The Morgan fingerprint density at radius 2 is 1.93 bits per heavy atom. The number of anilines is 1. The highest BCUT2D eigenvalue weighted by atomic mass is 16.5. The molecule has 1 aromatic rings. The minimum Gasteiger partial charge on any atom is -0.478 e. The molecule has 0 aromatic heterocycles. The molecule has 15 heavy (non-hydrogen) atoms. The zero-order valence-electron chi connectivity index (χ0n) is 8.40. The average molecular weight is 209 g/mol. The number of methoxy groups -OCH3 is 1. The van der Waals surface area contributed by atoms with Gasteiger partial charge in [0.05, 0.1) is 23.9 Å². The average Bonchev–Trinajstić information content (AvgIpc) is 2.26. The van der Waals surface area contributed by atoms with Crippen molar-refractivity contribution in [3.8, 4) is 0 Å². The van der Waals surface area contributed by atoms with E-state index in [-0.39, 0.29) is 16.8 Å². The summed E-state index contributed by atoms with van der Waals surface area (Å²) in [7, 11) is 2.80. The summed E-state index contributed by atoms with van der Waals surface area (Å²) in [5, 5.41) is 11.6. The molecule has 0 radical (unpaired) electrons. The van der Waals surface area contributed by atoms with Gasteiger partial charge in [-0.15, -0.1) is 0 Å². The van der Waals surface area contributed by atoms with Gasteiger partial charge in [0.1, 0.15) is 0 Å². The first-order valence-electron chi connectivity index (χ1n) is 4.24. The Kier molecular flexibility index (Phi) is 3.28. The van der Waals surface area contributed by atoms with E-state index in [1.807, 2.05) is 0 Å². The molecule has 80 valence electrons. The molecule has 0 aliphatic rings. The number of ether oxygens (including phenoxy) is 1. The van der Waals surface area contributed by atoms with Crippen LogP contribution in [0.4, 0.5) is 5.69 Å². The van der Waals surface area contributed by atoms with Crippen LogP contribution in [-0.2, 0) is 4.74 Å². The zero-order chi connectivity index (χ0) is 11.4. The fourth-order valence-electron chi connectivity index (χ4n) is 1.28. The zero-order valence-corrected chi connectivity index (χ0v) is 8.40. The van der Waals surface area contributed by atoms with Gasteiger partial charge in [0.2, 0.25) is 0 Å². The van der Waals surface area contributed by atoms with Crippen LogP contribution in [0, 0.1) is 0 Å². The molecule has 1 aromatic carbocycles. The molecule has 0 atom stereocenters. The van der Waals surface area contributed by atoms with Gasteiger partial charge in [0.25, 0.3) is 0 Å². The van der Waals surface area contributed by atoms with E-state index in [0.717, 1.165) is 0 Å². The fourth-order valence-corrected chi connectivity index (χ4v) is 1.28. The number of carbonyl (C=O) groups is 2. The van der Waals surface area contributed by atoms with E-state index in [4.69, 9.17) is 5.11 Å². The lowest BCUT2D eigenvalue weighted by atomic mass is 10.1. The minimum atomic E-state index is -1.09. The number of carboxylic acids is 1. The quantitative estimate of drug-likeness (QED) is 0.732. The minimum absolute atomic E-state index is 0.0420. The topological polar surface area (TPSA) is 75.6 Å². The molecule has 0 amide bonds. The lowest BCUT2D eigenvalue weighted by Crippen LogP contribution is -2.10. The van der Waals surface area contributed by atoms with E-state index in [2.05, 4.69) is 10.1 Å². The summed E-state index contributed by atoms with van der Waals surface area (Å²) in [6.07, 6.45) is 0. The van der Waals surface area contributed by atoms with E-state index in [1.165, 1.54) is 25.3 Å². The van der Waals surface area contributed by atoms with Crippen LogP contribution in [0.2, 0.25) is 0 Å². The highest BCUT2D eigenvalue weighted by Gasteiger charge is 2.17. The molecule has 0 saturated heterocycles. The van der Waals surface area contributed by atoms with Crippen molar-refractivity contribution in [2.75, 3.05) is 19.5 Å². The van der Waals surface area contributed by atoms with Crippen molar-refractivity contribution in [1.29, 1.82) is 0 Å². The maximum absolute atomic E-state index is 11.3. The van der Waals surface area contributed by atoms with Gasteiger partial charge in [0.15, 0.2) is 0 Å². The molecule has 5 nitrogen and oxygen atoms in total. The molecule has 0 bridgehead atoms. The maximum Gasteiger partial charge on any atom is 0.339 e. The van der Waals surface area contributed by atoms with Gasteiger partial charge in [-0.2, -0.15) is 0 Å². The highest BCUT2D eigenvalue weighted by Crippen LogP contribution is 2.21. The third-order valence-corrected chi connectivity index (χ3v) is 1.95. The first kappa shape index (κ1) is 11.0. The summed E-state index contributed by atoms with van der Waals surface area (Å²) in [5.41, 5.74) is 0.511. The molecule has 0 saturated carbocycles. The number of carbonyl (C=O) groups excluding carboxylic acids is 1. The number of rotatable bonds is 3. The first-order valence-corrected chi connectivity index (χ1v) is 4.24. The normalized spacial score (nSPS) is 9.47. The molecular formula is C10H11NO4. The van der Waals surface area contributed by atoms with Crippen LogP contribution in [-0.4, -0.2) is 31.2 Å². The highest BCUT2D eigenvalue weighted by molar-refractivity contribution is 6.03.